The highest BCUT2D eigenvalue weighted by Gasteiger charge is 2.15. The Morgan fingerprint density at radius 2 is 2.00 bits per heavy atom. The van der Waals surface area contributed by atoms with Gasteiger partial charge in [0.25, 0.3) is 0 Å². The molecule has 2 unspecified atom stereocenters. The molecule has 2 N–H and O–H groups in total. The molecule has 1 aliphatic rings. The maximum Gasteiger partial charge on any atom is 0.162 e. The largest absolute Gasteiger partial charge is 0.493 e. The molecule has 1 aliphatic heterocycles. The quantitative estimate of drug-likeness (QED) is 0.843. The Bertz CT molecular complexity index is 429. The third-order valence-corrected chi connectivity index (χ3v) is 4.10. The van der Waals surface area contributed by atoms with Gasteiger partial charge in [0, 0.05) is 23.8 Å². The van der Waals surface area contributed by atoms with E-state index in [2.05, 4.69) is 17.6 Å². The molecular formula is C17H28N2O2. The average Bonchev–Trinajstić information content (AvgIpc) is 2.75. The molecule has 1 saturated heterocycles. The molecule has 4 heteroatoms. The molecule has 0 aliphatic carbocycles. The number of nitrogens with one attached hydrogen (secondary N) is 2. The van der Waals surface area contributed by atoms with Crippen LogP contribution in [0.1, 0.15) is 39.0 Å². The minimum Gasteiger partial charge on any atom is -0.493 e. The summed E-state index contributed by atoms with van der Waals surface area (Å²) in [6.45, 7) is 3.40. The zero-order valence-corrected chi connectivity index (χ0v) is 13.4. The second-order valence-corrected chi connectivity index (χ2v) is 5.85. The predicted octanol–water partition coefficient (Wildman–Crippen LogP) is 3.43. The van der Waals surface area contributed by atoms with Gasteiger partial charge in [-0.05, 0) is 44.9 Å². The number of hydrogen-bond acceptors (Lipinski definition) is 4. The Hall–Kier alpha value is -1.42. The van der Waals surface area contributed by atoms with Gasteiger partial charge in [-0.2, -0.15) is 0 Å². The van der Waals surface area contributed by atoms with Crippen molar-refractivity contribution >= 4 is 5.69 Å². The summed E-state index contributed by atoms with van der Waals surface area (Å²) < 4.78 is 10.6. The molecule has 4 nitrogen and oxygen atoms in total. The smallest absolute Gasteiger partial charge is 0.162 e. The standard InChI is InChI=1S/C17H28N2O2/c1-13(11-14-7-5-4-6-10-18-14)19-15-8-9-16(20-2)17(12-15)21-3/h8-9,12-14,18-19H,4-7,10-11H2,1-3H3. The topological polar surface area (TPSA) is 42.5 Å². The van der Waals surface area contributed by atoms with Crippen molar-refractivity contribution in [3.05, 3.63) is 18.2 Å². The molecule has 1 aromatic rings. The van der Waals surface area contributed by atoms with Crippen LogP contribution in [0.15, 0.2) is 18.2 Å². The van der Waals surface area contributed by atoms with Crippen LogP contribution in [0.2, 0.25) is 0 Å². The molecule has 21 heavy (non-hydrogen) atoms. The maximum absolute atomic E-state index is 5.35. The van der Waals surface area contributed by atoms with Crippen molar-refractivity contribution in [2.24, 2.45) is 0 Å². The molecule has 0 saturated carbocycles. The second-order valence-electron chi connectivity index (χ2n) is 5.85. The summed E-state index contributed by atoms with van der Waals surface area (Å²) in [5.41, 5.74) is 1.08. The van der Waals surface area contributed by atoms with Crippen molar-refractivity contribution in [2.75, 3.05) is 26.1 Å². The molecule has 2 rings (SSSR count). The van der Waals surface area contributed by atoms with E-state index < -0.39 is 0 Å². The van der Waals surface area contributed by atoms with E-state index in [9.17, 15) is 0 Å². The van der Waals surface area contributed by atoms with Crippen molar-refractivity contribution in [2.45, 2.75) is 51.1 Å². The molecule has 0 bridgehead atoms. The molecule has 2 atom stereocenters. The molecular weight excluding hydrogens is 264 g/mol. The fourth-order valence-corrected chi connectivity index (χ4v) is 3.00. The van der Waals surface area contributed by atoms with Gasteiger partial charge < -0.3 is 20.1 Å². The van der Waals surface area contributed by atoms with Gasteiger partial charge in [-0.3, -0.25) is 0 Å². The third-order valence-electron chi connectivity index (χ3n) is 4.10. The van der Waals surface area contributed by atoms with Gasteiger partial charge in [-0.1, -0.05) is 12.8 Å². The van der Waals surface area contributed by atoms with E-state index in [1.807, 2.05) is 18.2 Å². The maximum atomic E-state index is 5.35. The Morgan fingerprint density at radius 1 is 1.19 bits per heavy atom. The first-order chi connectivity index (χ1) is 10.2. The van der Waals surface area contributed by atoms with Gasteiger partial charge in [0.2, 0.25) is 0 Å². The summed E-state index contributed by atoms with van der Waals surface area (Å²) in [6, 6.07) is 7.04. The van der Waals surface area contributed by atoms with E-state index in [-0.39, 0.29) is 0 Å². The normalized spacial score (nSPS) is 20.4. The average molecular weight is 292 g/mol. The third kappa shape index (κ3) is 4.81. The van der Waals surface area contributed by atoms with Gasteiger partial charge in [0.15, 0.2) is 11.5 Å². The monoisotopic (exact) mass is 292 g/mol. The van der Waals surface area contributed by atoms with Crippen molar-refractivity contribution in [3.8, 4) is 11.5 Å². The first-order valence-electron chi connectivity index (χ1n) is 7.95. The SMILES string of the molecule is COc1ccc(NC(C)CC2CCCCCN2)cc1OC. The number of rotatable bonds is 6. The van der Waals surface area contributed by atoms with E-state index in [0.717, 1.165) is 30.2 Å². The van der Waals surface area contributed by atoms with E-state index >= 15 is 0 Å². The van der Waals surface area contributed by atoms with Gasteiger partial charge in [0.1, 0.15) is 0 Å². The van der Waals surface area contributed by atoms with Crippen molar-refractivity contribution in [1.82, 2.24) is 5.32 Å². The van der Waals surface area contributed by atoms with Crippen LogP contribution in [0.3, 0.4) is 0 Å². The van der Waals surface area contributed by atoms with Crippen LogP contribution >= 0.6 is 0 Å². The number of benzene rings is 1. The van der Waals surface area contributed by atoms with Crippen LogP contribution in [-0.2, 0) is 0 Å². The van der Waals surface area contributed by atoms with E-state index in [4.69, 9.17) is 9.47 Å². The first kappa shape index (κ1) is 16.0. The summed E-state index contributed by atoms with van der Waals surface area (Å²) in [5, 5.41) is 7.21. The van der Waals surface area contributed by atoms with Gasteiger partial charge in [0.05, 0.1) is 14.2 Å². The van der Waals surface area contributed by atoms with Crippen LogP contribution in [0, 0.1) is 0 Å². The lowest BCUT2D eigenvalue weighted by Gasteiger charge is -2.22. The molecule has 1 aromatic carbocycles. The molecule has 1 fully saturated rings. The molecule has 0 spiro atoms. The number of ether oxygens (including phenoxy) is 2. The molecule has 0 amide bonds. The van der Waals surface area contributed by atoms with E-state index in [0.29, 0.717) is 12.1 Å². The van der Waals surface area contributed by atoms with Crippen LogP contribution in [0.4, 0.5) is 5.69 Å². The molecule has 118 valence electrons. The minimum atomic E-state index is 0.429. The predicted molar refractivity (Wildman–Crippen MR) is 87.5 cm³/mol. The Labute approximate surface area is 128 Å². The first-order valence-corrected chi connectivity index (χ1v) is 7.95. The number of hydrogen-bond donors (Lipinski definition) is 2. The van der Waals surface area contributed by atoms with E-state index in [1.54, 1.807) is 14.2 Å². The van der Waals surface area contributed by atoms with Gasteiger partial charge in [-0.15, -0.1) is 0 Å². The summed E-state index contributed by atoms with van der Waals surface area (Å²) in [7, 11) is 3.33. The van der Waals surface area contributed by atoms with Crippen LogP contribution < -0.4 is 20.1 Å². The molecule has 1 heterocycles. The lowest BCUT2D eigenvalue weighted by molar-refractivity contribution is 0.355. The Morgan fingerprint density at radius 3 is 2.76 bits per heavy atom. The van der Waals surface area contributed by atoms with Crippen LogP contribution in [-0.4, -0.2) is 32.8 Å². The second kappa shape index (κ2) is 8.13. The highest BCUT2D eigenvalue weighted by molar-refractivity contribution is 5.55. The zero-order chi connectivity index (χ0) is 15.1. The molecule has 0 aromatic heterocycles. The summed E-state index contributed by atoms with van der Waals surface area (Å²) >= 11 is 0. The fraction of sp³-hybridized carbons (Fsp3) is 0.647. The lowest BCUT2D eigenvalue weighted by atomic mass is 10.0. The zero-order valence-electron chi connectivity index (χ0n) is 13.4. The summed E-state index contributed by atoms with van der Waals surface area (Å²) in [5.74, 6) is 1.53. The van der Waals surface area contributed by atoms with Gasteiger partial charge in [-0.25, -0.2) is 0 Å². The Balaban J connectivity index is 1.90. The minimum absolute atomic E-state index is 0.429. The lowest BCUT2D eigenvalue weighted by Crippen LogP contribution is -2.33. The van der Waals surface area contributed by atoms with E-state index in [1.165, 1.54) is 25.7 Å². The van der Waals surface area contributed by atoms with Crippen LogP contribution in [0.25, 0.3) is 0 Å². The van der Waals surface area contributed by atoms with Crippen molar-refractivity contribution in [1.29, 1.82) is 0 Å². The number of methoxy groups -OCH3 is 2. The Kier molecular flexibility index (Phi) is 6.18. The van der Waals surface area contributed by atoms with Crippen molar-refractivity contribution < 1.29 is 9.47 Å². The highest BCUT2D eigenvalue weighted by Crippen LogP contribution is 2.30. The van der Waals surface area contributed by atoms with Crippen LogP contribution in [0.5, 0.6) is 11.5 Å². The summed E-state index contributed by atoms with van der Waals surface area (Å²) in [6.07, 6.45) is 6.46. The van der Waals surface area contributed by atoms with Gasteiger partial charge >= 0.3 is 0 Å². The summed E-state index contributed by atoms with van der Waals surface area (Å²) in [4.78, 5) is 0. The highest BCUT2D eigenvalue weighted by atomic mass is 16.5. The number of anilines is 1. The molecule has 0 radical (unpaired) electrons. The fourth-order valence-electron chi connectivity index (χ4n) is 3.00. The van der Waals surface area contributed by atoms with Crippen molar-refractivity contribution in [3.63, 3.8) is 0 Å².